The zero-order chi connectivity index (χ0) is 28.0. The molecule has 2 heterocycles. The van der Waals surface area contributed by atoms with Gasteiger partial charge in [-0.05, 0) is 89.0 Å². The molecule has 0 spiro atoms. The van der Waals surface area contributed by atoms with E-state index in [1.165, 1.54) is 38.7 Å². The van der Waals surface area contributed by atoms with Gasteiger partial charge >= 0.3 is 0 Å². The Hall–Kier alpha value is -5.85. The Bertz CT molecular complexity index is 2210. The second-order valence-corrected chi connectivity index (χ2v) is 10.6. The first-order valence-corrected chi connectivity index (χ1v) is 14.1. The molecule has 0 saturated heterocycles. The molecule has 0 aliphatic carbocycles. The number of anilines is 3. The number of hydrogen-bond donors (Lipinski definition) is 0. The summed E-state index contributed by atoms with van der Waals surface area (Å²) in [7, 11) is 0. The Kier molecular flexibility index (Phi) is 5.52. The van der Waals surface area contributed by atoms with Gasteiger partial charge in [-0.2, -0.15) is 5.26 Å². The third-order valence-electron chi connectivity index (χ3n) is 8.14. The van der Waals surface area contributed by atoms with Gasteiger partial charge < -0.3 is 9.47 Å². The molecule has 0 fully saturated rings. The fourth-order valence-corrected chi connectivity index (χ4v) is 6.21. The number of nitriles is 1. The van der Waals surface area contributed by atoms with Crippen molar-refractivity contribution < 1.29 is 0 Å². The Balaban J connectivity index is 1.29. The van der Waals surface area contributed by atoms with Crippen molar-refractivity contribution in [2.75, 3.05) is 4.90 Å². The van der Waals surface area contributed by atoms with Crippen LogP contribution in [0.4, 0.5) is 17.1 Å². The third-order valence-corrected chi connectivity index (χ3v) is 8.14. The van der Waals surface area contributed by atoms with Crippen LogP contribution in [0, 0.1) is 11.3 Å². The Morgan fingerprint density at radius 3 is 2.07 bits per heavy atom. The number of hydrogen-bond acceptors (Lipinski definition) is 2. The molecule has 42 heavy (non-hydrogen) atoms. The van der Waals surface area contributed by atoms with Crippen LogP contribution < -0.4 is 4.90 Å². The van der Waals surface area contributed by atoms with Crippen LogP contribution in [-0.2, 0) is 0 Å². The standard InChI is InChI=1S/C39H25N3/c40-26-27-9-8-13-33(23-27)42-38-16-7-5-14-34(38)35-25-30(20-22-39(35)42)29-19-21-37-31(24-29)18-17-28-10-4-6-15-36(28)41(37)32-11-2-1-3-12-32/h1-25H. The van der Waals surface area contributed by atoms with Gasteiger partial charge in [0.25, 0.3) is 0 Å². The monoisotopic (exact) mass is 535 g/mol. The molecule has 0 amide bonds. The average molecular weight is 536 g/mol. The lowest BCUT2D eigenvalue weighted by molar-refractivity contribution is 1.18. The largest absolute Gasteiger partial charge is 0.309 e. The molecule has 0 bridgehead atoms. The van der Waals surface area contributed by atoms with E-state index in [4.69, 9.17) is 0 Å². The summed E-state index contributed by atoms with van der Waals surface area (Å²) >= 11 is 0. The van der Waals surface area contributed by atoms with E-state index in [1.807, 2.05) is 18.2 Å². The Labute approximate surface area is 244 Å². The summed E-state index contributed by atoms with van der Waals surface area (Å²) in [6.45, 7) is 0. The normalized spacial score (nSPS) is 12.1. The minimum atomic E-state index is 0.653. The molecule has 8 rings (SSSR count). The molecular formula is C39H25N3. The lowest BCUT2D eigenvalue weighted by Crippen LogP contribution is -2.11. The van der Waals surface area contributed by atoms with Gasteiger partial charge in [-0.25, -0.2) is 0 Å². The topological polar surface area (TPSA) is 32.0 Å². The van der Waals surface area contributed by atoms with E-state index in [0.29, 0.717) is 5.56 Å². The third kappa shape index (κ3) is 3.82. The highest BCUT2D eigenvalue weighted by molar-refractivity contribution is 6.10. The zero-order valence-electron chi connectivity index (χ0n) is 22.8. The summed E-state index contributed by atoms with van der Waals surface area (Å²) in [5.41, 5.74) is 12.0. The van der Waals surface area contributed by atoms with Gasteiger partial charge in [0.2, 0.25) is 0 Å². The molecule has 3 heteroatoms. The van der Waals surface area contributed by atoms with Crippen molar-refractivity contribution >= 4 is 51.0 Å². The van der Waals surface area contributed by atoms with Crippen LogP contribution in [0.5, 0.6) is 0 Å². The Morgan fingerprint density at radius 1 is 0.476 bits per heavy atom. The average Bonchev–Trinajstić information content (AvgIpc) is 3.29. The summed E-state index contributed by atoms with van der Waals surface area (Å²) in [6.07, 6.45) is 4.44. The maximum absolute atomic E-state index is 9.52. The highest BCUT2D eigenvalue weighted by atomic mass is 15.1. The number of rotatable bonds is 3. The van der Waals surface area contributed by atoms with E-state index in [2.05, 4.69) is 149 Å². The molecule has 3 nitrogen and oxygen atoms in total. The predicted octanol–water partition coefficient (Wildman–Crippen LogP) is 10.3. The summed E-state index contributed by atoms with van der Waals surface area (Å²) in [4.78, 5) is 2.35. The lowest BCUT2D eigenvalue weighted by Gasteiger charge is -2.27. The van der Waals surface area contributed by atoms with E-state index in [0.717, 1.165) is 28.1 Å². The first-order valence-electron chi connectivity index (χ1n) is 14.1. The van der Waals surface area contributed by atoms with Crippen molar-refractivity contribution in [1.29, 1.82) is 5.26 Å². The first kappa shape index (κ1) is 24.0. The molecule has 7 aromatic rings. The fourth-order valence-electron chi connectivity index (χ4n) is 6.21. The smallest absolute Gasteiger partial charge is 0.0992 e. The second kappa shape index (κ2) is 9.66. The van der Waals surface area contributed by atoms with Crippen LogP contribution in [0.2, 0.25) is 0 Å². The van der Waals surface area contributed by atoms with Crippen molar-refractivity contribution in [3.8, 4) is 22.9 Å². The van der Waals surface area contributed by atoms with Gasteiger partial charge in [-0.3, -0.25) is 0 Å². The second-order valence-electron chi connectivity index (χ2n) is 10.6. The maximum atomic E-state index is 9.52. The number of fused-ring (bicyclic) bond motifs is 5. The number of para-hydroxylation sites is 3. The predicted molar refractivity (Wildman–Crippen MR) is 175 cm³/mol. The molecule has 196 valence electrons. The minimum Gasteiger partial charge on any atom is -0.309 e. The van der Waals surface area contributed by atoms with E-state index in [1.54, 1.807) is 0 Å². The zero-order valence-corrected chi connectivity index (χ0v) is 22.8. The molecule has 0 atom stereocenters. The highest BCUT2D eigenvalue weighted by Gasteiger charge is 2.20. The van der Waals surface area contributed by atoms with Crippen LogP contribution in [0.15, 0.2) is 140 Å². The summed E-state index contributed by atoms with van der Waals surface area (Å²) in [6, 6.07) is 51.2. The van der Waals surface area contributed by atoms with E-state index in [9.17, 15) is 5.26 Å². The number of aromatic nitrogens is 1. The maximum Gasteiger partial charge on any atom is 0.0992 e. The molecule has 6 aromatic carbocycles. The van der Waals surface area contributed by atoms with Crippen molar-refractivity contribution in [2.45, 2.75) is 0 Å². The molecule has 0 N–H and O–H groups in total. The molecule has 1 aromatic heterocycles. The number of nitrogens with zero attached hydrogens (tertiary/aromatic N) is 3. The van der Waals surface area contributed by atoms with Crippen molar-refractivity contribution in [2.24, 2.45) is 0 Å². The van der Waals surface area contributed by atoms with Gasteiger partial charge in [-0.15, -0.1) is 0 Å². The Morgan fingerprint density at radius 2 is 1.17 bits per heavy atom. The van der Waals surface area contributed by atoms with Gasteiger partial charge in [0, 0.05) is 22.1 Å². The van der Waals surface area contributed by atoms with E-state index < -0.39 is 0 Å². The van der Waals surface area contributed by atoms with Gasteiger partial charge in [0.15, 0.2) is 0 Å². The first-order chi connectivity index (χ1) is 20.8. The van der Waals surface area contributed by atoms with E-state index >= 15 is 0 Å². The van der Waals surface area contributed by atoms with Crippen LogP contribution in [0.25, 0.3) is 50.8 Å². The van der Waals surface area contributed by atoms with Crippen LogP contribution in [0.3, 0.4) is 0 Å². The molecule has 0 unspecified atom stereocenters. The van der Waals surface area contributed by atoms with Gasteiger partial charge in [-0.1, -0.05) is 84.9 Å². The summed E-state index contributed by atoms with van der Waals surface area (Å²) < 4.78 is 2.25. The SMILES string of the molecule is N#Cc1cccc(-n2c3ccccc3c3cc(-c4ccc5c(c4)C=Cc4ccccc4N5c4ccccc4)ccc32)c1. The molecule has 0 saturated carbocycles. The van der Waals surface area contributed by atoms with Crippen molar-refractivity contribution in [3.05, 3.63) is 156 Å². The molecule has 1 aliphatic rings. The van der Waals surface area contributed by atoms with Gasteiger partial charge in [0.05, 0.1) is 34.0 Å². The molecular weight excluding hydrogens is 510 g/mol. The van der Waals surface area contributed by atoms with Gasteiger partial charge in [0.1, 0.15) is 0 Å². The molecule has 1 aliphatic heterocycles. The van der Waals surface area contributed by atoms with E-state index in [-0.39, 0.29) is 0 Å². The quantitative estimate of drug-likeness (QED) is 0.225. The summed E-state index contributed by atoms with van der Waals surface area (Å²) in [5, 5.41) is 11.9. The lowest BCUT2D eigenvalue weighted by atomic mass is 9.99. The summed E-state index contributed by atoms with van der Waals surface area (Å²) in [5.74, 6) is 0. The highest BCUT2D eigenvalue weighted by Crippen LogP contribution is 2.43. The van der Waals surface area contributed by atoms with Crippen LogP contribution in [-0.4, -0.2) is 4.57 Å². The van der Waals surface area contributed by atoms with Crippen LogP contribution in [0.1, 0.15) is 16.7 Å². The van der Waals surface area contributed by atoms with Crippen molar-refractivity contribution in [1.82, 2.24) is 4.57 Å². The van der Waals surface area contributed by atoms with Crippen molar-refractivity contribution in [3.63, 3.8) is 0 Å². The molecule has 0 radical (unpaired) electrons. The fraction of sp³-hybridized carbons (Fsp3) is 0. The number of benzene rings is 6. The minimum absolute atomic E-state index is 0.653. The van der Waals surface area contributed by atoms with Crippen LogP contribution >= 0.6 is 0 Å².